The van der Waals surface area contributed by atoms with Crippen molar-refractivity contribution >= 4 is 17.9 Å². The van der Waals surface area contributed by atoms with Gasteiger partial charge in [-0.2, -0.15) is 0 Å². The van der Waals surface area contributed by atoms with E-state index < -0.39 is 24.3 Å². The first kappa shape index (κ1) is 63.3. The van der Waals surface area contributed by atoms with Crippen LogP contribution in [0.3, 0.4) is 0 Å². The molecule has 0 aliphatic carbocycles. The molecule has 0 aliphatic rings. The molecule has 0 N–H and O–H groups in total. The molecule has 0 aliphatic heterocycles. The van der Waals surface area contributed by atoms with E-state index in [2.05, 4.69) is 13.8 Å². The first-order chi connectivity index (χ1) is 31.6. The van der Waals surface area contributed by atoms with E-state index in [9.17, 15) is 19.5 Å². The smallest absolute Gasteiger partial charge is 0.306 e. The van der Waals surface area contributed by atoms with Crippen LogP contribution in [0.4, 0.5) is 0 Å². The predicted molar refractivity (Wildman–Crippen MR) is 270 cm³/mol. The van der Waals surface area contributed by atoms with Gasteiger partial charge < -0.3 is 33.3 Å². The molecule has 0 fully saturated rings. The van der Waals surface area contributed by atoms with E-state index in [1.165, 1.54) is 218 Å². The van der Waals surface area contributed by atoms with Crippen molar-refractivity contribution in [3.8, 4) is 0 Å². The Labute approximate surface area is 403 Å². The van der Waals surface area contributed by atoms with Crippen molar-refractivity contribution in [2.45, 2.75) is 296 Å². The molecule has 0 aromatic rings. The van der Waals surface area contributed by atoms with Gasteiger partial charge in [0.15, 0.2) is 12.4 Å². The summed E-state index contributed by atoms with van der Waals surface area (Å²) in [5.74, 6) is -2.26. The summed E-state index contributed by atoms with van der Waals surface area (Å²) in [6, 6.07) is 0. The van der Waals surface area contributed by atoms with Gasteiger partial charge in [-0.1, -0.05) is 258 Å². The minimum atomic E-state index is -1.61. The summed E-state index contributed by atoms with van der Waals surface area (Å²) >= 11 is 0. The third-order valence-electron chi connectivity index (χ3n) is 12.9. The van der Waals surface area contributed by atoms with Crippen LogP contribution in [0.2, 0.25) is 0 Å². The second kappa shape index (κ2) is 48.7. The van der Waals surface area contributed by atoms with E-state index in [1.807, 2.05) is 21.1 Å². The number of rotatable bonds is 53. The van der Waals surface area contributed by atoms with Crippen LogP contribution in [-0.2, 0) is 33.3 Å². The third kappa shape index (κ3) is 50.0. The quantitative estimate of drug-likeness (QED) is 0.0257. The highest BCUT2D eigenvalue weighted by atomic mass is 16.7. The second-order valence-electron chi connectivity index (χ2n) is 20.6. The summed E-state index contributed by atoms with van der Waals surface area (Å²) in [6.45, 7) is 4.79. The zero-order chi connectivity index (χ0) is 47.7. The van der Waals surface area contributed by atoms with Crippen molar-refractivity contribution in [1.82, 2.24) is 0 Å². The predicted octanol–water partition coefficient (Wildman–Crippen LogP) is 14.7. The Morgan fingerprint density at radius 3 is 0.985 bits per heavy atom. The minimum Gasteiger partial charge on any atom is -0.545 e. The number of carbonyl (C=O) groups is 3. The van der Waals surface area contributed by atoms with Gasteiger partial charge in [0, 0.05) is 12.8 Å². The van der Waals surface area contributed by atoms with Crippen LogP contribution in [0.25, 0.3) is 0 Å². The van der Waals surface area contributed by atoms with Crippen LogP contribution >= 0.6 is 0 Å². The van der Waals surface area contributed by atoms with Gasteiger partial charge in [-0.3, -0.25) is 9.59 Å². The molecule has 2 atom stereocenters. The Kier molecular flexibility index (Phi) is 47.5. The Morgan fingerprint density at radius 1 is 0.400 bits per heavy atom. The molecule has 0 heterocycles. The molecule has 9 heteroatoms. The Hall–Kier alpha value is -1.71. The van der Waals surface area contributed by atoms with E-state index in [4.69, 9.17) is 18.9 Å². The van der Waals surface area contributed by atoms with Crippen molar-refractivity contribution in [2.24, 2.45) is 0 Å². The molecule has 0 aromatic carbocycles. The number of ether oxygens (including phenoxy) is 4. The SMILES string of the molecule is CCCCCCCCCCCCCCCCCCCCCCCCCCCCCCCC(=O)OC(COC(=O)CCCCCCCCCCCCC)COC(OCC[N+](C)(C)C)C(=O)[O-]. The van der Waals surface area contributed by atoms with Crippen molar-refractivity contribution in [2.75, 3.05) is 47.5 Å². The summed E-state index contributed by atoms with van der Waals surface area (Å²) < 4.78 is 22.6. The summed E-state index contributed by atoms with van der Waals surface area (Å²) in [6.07, 6.45) is 50.3. The summed E-state index contributed by atoms with van der Waals surface area (Å²) in [7, 11) is 5.93. The topological polar surface area (TPSA) is 111 Å². The normalized spacial score (nSPS) is 12.7. The van der Waals surface area contributed by atoms with Gasteiger partial charge in [0.1, 0.15) is 13.2 Å². The standard InChI is InChI=1S/C56H109NO8/c1-6-8-10-12-14-16-18-19-20-21-22-23-24-25-26-27-28-29-30-31-32-33-34-35-37-39-41-43-45-47-54(59)65-52(51-64-56(55(60)61)62-49-48-57(3,4)5)50-63-53(58)46-44-42-40-38-36-17-15-13-11-9-7-2/h52,56H,6-51H2,1-5H3. The highest BCUT2D eigenvalue weighted by Crippen LogP contribution is 2.18. The average Bonchev–Trinajstić information content (AvgIpc) is 3.27. The molecule has 0 saturated heterocycles. The largest absolute Gasteiger partial charge is 0.545 e. The number of unbranched alkanes of at least 4 members (excludes halogenated alkanes) is 38. The summed E-state index contributed by atoms with van der Waals surface area (Å²) in [5.41, 5.74) is 0. The number of carboxylic acids is 1. The van der Waals surface area contributed by atoms with Crippen LogP contribution in [0.5, 0.6) is 0 Å². The molecule has 9 nitrogen and oxygen atoms in total. The number of nitrogens with zero attached hydrogens (tertiary/aromatic N) is 1. The average molecular weight is 924 g/mol. The number of quaternary nitrogens is 1. The number of hydrogen-bond donors (Lipinski definition) is 0. The molecule has 0 rings (SSSR count). The molecule has 0 spiro atoms. The van der Waals surface area contributed by atoms with E-state index in [-0.39, 0.29) is 32.2 Å². The lowest BCUT2D eigenvalue weighted by molar-refractivity contribution is -0.870. The van der Waals surface area contributed by atoms with Crippen LogP contribution in [0, 0.1) is 0 Å². The number of aliphatic carboxylic acids is 1. The Bertz CT molecular complexity index is 1030. The highest BCUT2D eigenvalue weighted by Gasteiger charge is 2.22. The van der Waals surface area contributed by atoms with Crippen molar-refractivity contribution in [3.05, 3.63) is 0 Å². The van der Waals surface area contributed by atoms with Gasteiger partial charge >= 0.3 is 11.9 Å². The maximum Gasteiger partial charge on any atom is 0.306 e. The van der Waals surface area contributed by atoms with Gasteiger partial charge in [-0.25, -0.2) is 0 Å². The summed E-state index contributed by atoms with van der Waals surface area (Å²) in [4.78, 5) is 37.1. The summed E-state index contributed by atoms with van der Waals surface area (Å²) in [5, 5.41) is 11.7. The van der Waals surface area contributed by atoms with Crippen molar-refractivity contribution in [1.29, 1.82) is 0 Å². The van der Waals surface area contributed by atoms with Gasteiger partial charge in [-0.05, 0) is 12.8 Å². The van der Waals surface area contributed by atoms with Crippen LogP contribution in [0.15, 0.2) is 0 Å². The number of hydrogen-bond acceptors (Lipinski definition) is 8. The first-order valence-electron chi connectivity index (χ1n) is 28.2. The number of carboxylic acid groups (broad SMARTS) is 1. The van der Waals surface area contributed by atoms with E-state index >= 15 is 0 Å². The van der Waals surface area contributed by atoms with Gasteiger partial charge in [0.05, 0.1) is 40.3 Å². The van der Waals surface area contributed by atoms with Crippen LogP contribution in [-0.4, -0.2) is 82.3 Å². The zero-order valence-electron chi connectivity index (χ0n) is 43.9. The van der Waals surface area contributed by atoms with E-state index in [0.717, 1.165) is 38.5 Å². The number of esters is 2. The first-order valence-corrected chi connectivity index (χ1v) is 28.2. The van der Waals surface area contributed by atoms with Crippen molar-refractivity contribution in [3.63, 3.8) is 0 Å². The lowest BCUT2D eigenvalue weighted by Crippen LogP contribution is -2.44. The monoisotopic (exact) mass is 924 g/mol. The molecule has 0 aromatic heterocycles. The molecule has 2 unspecified atom stereocenters. The lowest BCUT2D eigenvalue weighted by atomic mass is 10.0. The minimum absolute atomic E-state index is 0.153. The molecule has 0 saturated carbocycles. The molecule has 65 heavy (non-hydrogen) atoms. The van der Waals surface area contributed by atoms with Crippen LogP contribution < -0.4 is 5.11 Å². The number of carbonyl (C=O) groups excluding carboxylic acids is 3. The molecule has 0 amide bonds. The fourth-order valence-corrected chi connectivity index (χ4v) is 8.48. The van der Waals surface area contributed by atoms with Gasteiger partial charge in [0.2, 0.25) is 0 Å². The molecular formula is C56H109NO8. The molecule has 386 valence electrons. The van der Waals surface area contributed by atoms with Gasteiger partial charge in [0.25, 0.3) is 0 Å². The number of likely N-dealkylation sites (N-methyl/N-ethyl adjacent to an activating group) is 1. The Morgan fingerprint density at radius 2 is 0.692 bits per heavy atom. The maximum atomic E-state index is 12.8. The fraction of sp³-hybridized carbons (Fsp3) is 0.946. The lowest BCUT2D eigenvalue weighted by Gasteiger charge is -2.26. The molecular weight excluding hydrogens is 815 g/mol. The maximum absolute atomic E-state index is 12.8. The zero-order valence-corrected chi connectivity index (χ0v) is 43.9. The third-order valence-corrected chi connectivity index (χ3v) is 12.9. The van der Waals surface area contributed by atoms with Crippen molar-refractivity contribution < 1.29 is 42.9 Å². The van der Waals surface area contributed by atoms with E-state index in [1.54, 1.807) is 0 Å². The Balaban J connectivity index is 4.05. The fourth-order valence-electron chi connectivity index (χ4n) is 8.48. The van der Waals surface area contributed by atoms with E-state index in [0.29, 0.717) is 17.4 Å². The van der Waals surface area contributed by atoms with Crippen LogP contribution in [0.1, 0.15) is 284 Å². The highest BCUT2D eigenvalue weighted by molar-refractivity contribution is 5.70. The second-order valence-corrected chi connectivity index (χ2v) is 20.6. The molecule has 0 bridgehead atoms. The molecule has 0 radical (unpaired) electrons. The van der Waals surface area contributed by atoms with Gasteiger partial charge in [-0.15, -0.1) is 0 Å².